The topological polar surface area (TPSA) is 56.8 Å². The number of pyridine rings is 1. The molecule has 0 bridgehead atoms. The highest BCUT2D eigenvalue weighted by Crippen LogP contribution is 2.57. The number of rotatable bonds is 4. The van der Waals surface area contributed by atoms with Gasteiger partial charge < -0.3 is 14.7 Å². The third kappa shape index (κ3) is 3.07. The van der Waals surface area contributed by atoms with Crippen LogP contribution < -0.4 is 4.90 Å². The van der Waals surface area contributed by atoms with Crippen molar-refractivity contribution in [3.05, 3.63) is 60.4 Å². The van der Waals surface area contributed by atoms with Crippen LogP contribution in [0.5, 0.6) is 0 Å². The molecule has 0 radical (unpaired) electrons. The molecule has 146 valence electrons. The van der Waals surface area contributed by atoms with Gasteiger partial charge in [0.05, 0.1) is 18.0 Å². The molecule has 2 fully saturated rings. The molecule has 28 heavy (non-hydrogen) atoms. The monoisotopic (exact) mass is 378 g/mol. The van der Waals surface area contributed by atoms with Gasteiger partial charge in [-0.2, -0.15) is 0 Å². The van der Waals surface area contributed by atoms with Crippen LogP contribution in [0.3, 0.4) is 0 Å². The number of carbonyl (C=O) groups excluding carboxylic acids is 2. The van der Waals surface area contributed by atoms with E-state index in [0.29, 0.717) is 32.5 Å². The number of amides is 2. The molecule has 0 aliphatic carbocycles. The molecule has 1 atom stereocenters. The number of β-lactam (4-membered cyclic amide) rings is 1. The highest BCUT2D eigenvalue weighted by molar-refractivity contribution is 6.06. The molecule has 1 unspecified atom stereocenters. The second-order valence-corrected chi connectivity index (χ2v) is 7.97. The van der Waals surface area contributed by atoms with Crippen LogP contribution in [0.15, 0.2) is 54.9 Å². The van der Waals surface area contributed by atoms with Crippen LogP contribution in [-0.4, -0.2) is 60.3 Å². The largest absolute Gasteiger partial charge is 0.342 e. The maximum Gasteiger partial charge on any atom is 0.236 e. The van der Waals surface area contributed by atoms with Crippen LogP contribution >= 0.6 is 0 Å². The first kappa shape index (κ1) is 18.6. The number of nitrogens with zero attached hydrogens (tertiary/aromatic N) is 4. The number of carbonyl (C=O) groups is 2. The quantitative estimate of drug-likeness (QED) is 0.767. The smallest absolute Gasteiger partial charge is 0.236 e. The van der Waals surface area contributed by atoms with E-state index in [4.69, 9.17) is 0 Å². The van der Waals surface area contributed by atoms with Crippen molar-refractivity contribution in [3.8, 4) is 0 Å². The SMILES string of the molecule is CN(C)CC(=O)N1CCC2(CC1)C(=O)N(c1ccccc1)C2c1cccnc1. The summed E-state index contributed by atoms with van der Waals surface area (Å²) in [6, 6.07) is 13.7. The van der Waals surface area contributed by atoms with Gasteiger partial charge in [-0.05, 0) is 50.7 Å². The number of likely N-dealkylation sites (tertiary alicyclic amines) is 1. The molecule has 6 heteroatoms. The van der Waals surface area contributed by atoms with Gasteiger partial charge in [-0.15, -0.1) is 0 Å². The number of hydrogen-bond donors (Lipinski definition) is 0. The van der Waals surface area contributed by atoms with Gasteiger partial charge in [0.25, 0.3) is 0 Å². The van der Waals surface area contributed by atoms with E-state index in [9.17, 15) is 9.59 Å². The predicted molar refractivity (Wildman–Crippen MR) is 108 cm³/mol. The first-order valence-corrected chi connectivity index (χ1v) is 9.74. The molecular formula is C22H26N4O2. The Balaban J connectivity index is 1.60. The fraction of sp³-hybridized carbons (Fsp3) is 0.409. The minimum atomic E-state index is -0.451. The second kappa shape index (κ2) is 7.36. The van der Waals surface area contributed by atoms with Gasteiger partial charge in [-0.3, -0.25) is 14.6 Å². The minimum Gasteiger partial charge on any atom is -0.342 e. The lowest BCUT2D eigenvalue weighted by molar-refractivity contribution is -0.149. The van der Waals surface area contributed by atoms with Crippen LogP contribution in [0.1, 0.15) is 24.4 Å². The van der Waals surface area contributed by atoms with Crippen molar-refractivity contribution < 1.29 is 9.59 Å². The van der Waals surface area contributed by atoms with Crippen molar-refractivity contribution in [1.29, 1.82) is 0 Å². The number of aromatic nitrogens is 1. The molecule has 6 nitrogen and oxygen atoms in total. The van der Waals surface area contributed by atoms with Gasteiger partial charge in [-0.25, -0.2) is 0 Å². The Labute approximate surface area is 165 Å². The number of likely N-dealkylation sites (N-methyl/N-ethyl adjacent to an activating group) is 1. The Morgan fingerprint density at radius 3 is 2.46 bits per heavy atom. The zero-order valence-electron chi connectivity index (χ0n) is 16.4. The Morgan fingerprint density at radius 1 is 1.14 bits per heavy atom. The van der Waals surface area contributed by atoms with Gasteiger partial charge in [0.2, 0.25) is 11.8 Å². The summed E-state index contributed by atoms with van der Waals surface area (Å²) >= 11 is 0. The van der Waals surface area contributed by atoms with Gasteiger partial charge in [0.15, 0.2) is 0 Å². The summed E-state index contributed by atoms with van der Waals surface area (Å²) in [5, 5.41) is 0. The molecule has 1 aromatic heterocycles. The molecule has 1 aromatic carbocycles. The third-order valence-corrected chi connectivity index (χ3v) is 5.92. The summed E-state index contributed by atoms with van der Waals surface area (Å²) in [5.41, 5.74) is 1.52. The zero-order chi connectivity index (χ0) is 19.7. The van der Waals surface area contributed by atoms with Crippen LogP contribution in [0.25, 0.3) is 0 Å². The van der Waals surface area contributed by atoms with E-state index < -0.39 is 5.41 Å². The number of piperidine rings is 1. The van der Waals surface area contributed by atoms with Gasteiger partial charge >= 0.3 is 0 Å². The summed E-state index contributed by atoms with van der Waals surface area (Å²) < 4.78 is 0. The van der Waals surface area contributed by atoms with Crippen molar-refractivity contribution in [3.63, 3.8) is 0 Å². The Hall–Kier alpha value is -2.73. The predicted octanol–water partition coefficient (Wildman–Crippen LogP) is 2.34. The fourth-order valence-electron chi connectivity index (χ4n) is 4.53. The number of benzene rings is 1. The molecule has 2 aliphatic heterocycles. The lowest BCUT2D eigenvalue weighted by Gasteiger charge is -2.58. The third-order valence-electron chi connectivity index (χ3n) is 5.92. The molecule has 2 saturated heterocycles. The van der Waals surface area contributed by atoms with Crippen molar-refractivity contribution in [1.82, 2.24) is 14.8 Å². The van der Waals surface area contributed by atoms with E-state index in [-0.39, 0.29) is 17.9 Å². The lowest BCUT2D eigenvalue weighted by Crippen LogP contribution is -2.67. The molecule has 2 amide bonds. The van der Waals surface area contributed by atoms with E-state index in [2.05, 4.69) is 4.98 Å². The second-order valence-electron chi connectivity index (χ2n) is 7.97. The van der Waals surface area contributed by atoms with E-state index in [1.165, 1.54) is 0 Å². The van der Waals surface area contributed by atoms with Crippen molar-refractivity contribution in [2.75, 3.05) is 38.6 Å². The van der Waals surface area contributed by atoms with Gasteiger partial charge in [0, 0.05) is 31.2 Å². The lowest BCUT2D eigenvalue weighted by atomic mass is 9.62. The minimum absolute atomic E-state index is 0.0396. The maximum atomic E-state index is 13.4. The van der Waals surface area contributed by atoms with Gasteiger partial charge in [-0.1, -0.05) is 24.3 Å². The Bertz CT molecular complexity index is 845. The first-order chi connectivity index (χ1) is 13.5. The number of para-hydroxylation sites is 1. The van der Waals surface area contributed by atoms with Crippen molar-refractivity contribution >= 4 is 17.5 Å². The molecule has 4 rings (SSSR count). The fourth-order valence-corrected chi connectivity index (χ4v) is 4.53. The highest BCUT2D eigenvalue weighted by atomic mass is 16.2. The summed E-state index contributed by atoms with van der Waals surface area (Å²) in [6.45, 7) is 1.65. The molecule has 2 aliphatic rings. The molecule has 0 saturated carbocycles. The molecule has 3 heterocycles. The Kier molecular flexibility index (Phi) is 4.89. The van der Waals surface area contributed by atoms with E-state index in [1.54, 1.807) is 6.20 Å². The van der Waals surface area contributed by atoms with Gasteiger partial charge in [0.1, 0.15) is 0 Å². The van der Waals surface area contributed by atoms with E-state index in [1.807, 2.05) is 77.5 Å². The molecule has 0 N–H and O–H groups in total. The number of anilines is 1. The maximum absolute atomic E-state index is 13.4. The standard InChI is InChI=1S/C22H26N4O2/c1-24(2)16-19(27)25-13-10-22(11-14-25)20(17-7-6-12-23-15-17)26(21(22)28)18-8-4-3-5-9-18/h3-9,12,15,20H,10-11,13-14,16H2,1-2H3. The molecular weight excluding hydrogens is 352 g/mol. The van der Waals surface area contributed by atoms with E-state index >= 15 is 0 Å². The zero-order valence-corrected chi connectivity index (χ0v) is 16.4. The van der Waals surface area contributed by atoms with E-state index in [0.717, 1.165) is 11.3 Å². The molecule has 1 spiro atoms. The molecule has 2 aromatic rings. The summed E-state index contributed by atoms with van der Waals surface area (Å²) in [4.78, 5) is 35.8. The van der Waals surface area contributed by atoms with Crippen molar-refractivity contribution in [2.45, 2.75) is 18.9 Å². The van der Waals surface area contributed by atoms with Crippen LogP contribution in [0.2, 0.25) is 0 Å². The summed E-state index contributed by atoms with van der Waals surface area (Å²) in [6.07, 6.45) is 4.99. The van der Waals surface area contributed by atoms with Crippen LogP contribution in [0.4, 0.5) is 5.69 Å². The van der Waals surface area contributed by atoms with Crippen molar-refractivity contribution in [2.24, 2.45) is 5.41 Å². The first-order valence-electron chi connectivity index (χ1n) is 9.74. The summed E-state index contributed by atoms with van der Waals surface area (Å²) in [7, 11) is 3.80. The normalized spacial score (nSPS) is 21.1. The highest BCUT2D eigenvalue weighted by Gasteiger charge is 2.62. The average Bonchev–Trinajstić information content (AvgIpc) is 2.72. The summed E-state index contributed by atoms with van der Waals surface area (Å²) in [5.74, 6) is 0.289. The van der Waals surface area contributed by atoms with Crippen LogP contribution in [0, 0.1) is 5.41 Å². The average molecular weight is 378 g/mol. The number of hydrogen-bond acceptors (Lipinski definition) is 4. The Morgan fingerprint density at radius 2 is 1.86 bits per heavy atom. The van der Waals surface area contributed by atoms with Crippen LogP contribution in [-0.2, 0) is 9.59 Å².